The smallest absolute Gasteiger partial charge is 0.326 e. The number of esters is 1. The molecule has 0 unspecified atom stereocenters. The van der Waals surface area contributed by atoms with Crippen LogP contribution >= 0.6 is 0 Å². The van der Waals surface area contributed by atoms with E-state index in [0.29, 0.717) is 5.56 Å². The van der Waals surface area contributed by atoms with Crippen LogP contribution in [-0.2, 0) is 24.5 Å². The van der Waals surface area contributed by atoms with Crippen molar-refractivity contribution in [2.75, 3.05) is 6.61 Å². The molecule has 4 aromatic rings. The second-order valence-corrected chi connectivity index (χ2v) is 10.0. The van der Waals surface area contributed by atoms with Gasteiger partial charge in [-0.3, -0.25) is 19.7 Å². The summed E-state index contributed by atoms with van der Waals surface area (Å²) in [6, 6.07) is 32.3. The van der Waals surface area contributed by atoms with E-state index < -0.39 is 40.1 Å². The molecule has 0 heterocycles. The normalized spacial score (nSPS) is 12.5. The summed E-state index contributed by atoms with van der Waals surface area (Å²) in [6.45, 7) is 1.72. The van der Waals surface area contributed by atoms with Crippen molar-refractivity contribution in [1.82, 2.24) is 5.32 Å². The lowest BCUT2D eigenvalue weighted by Gasteiger charge is -2.36. The molecule has 220 valence electrons. The Balaban J connectivity index is 1.77. The van der Waals surface area contributed by atoms with Gasteiger partial charge in [-0.15, -0.1) is 0 Å². The number of carboxylic acids is 1. The Morgan fingerprint density at radius 2 is 1.28 bits per heavy atom. The molecule has 0 saturated heterocycles. The SMILES string of the molecule is CCOC(=O)C[C@@H](c1ccc([N+](=O)[O-])cc1)[C@@H](NC(=O)CC(c1ccccc1)(c1ccccc1)c1ccccc1)C(=O)O. The van der Waals surface area contributed by atoms with E-state index >= 15 is 0 Å². The maximum absolute atomic E-state index is 14.0. The topological polar surface area (TPSA) is 136 Å². The van der Waals surface area contributed by atoms with Crippen molar-refractivity contribution in [3.8, 4) is 0 Å². The Morgan fingerprint density at radius 3 is 1.67 bits per heavy atom. The van der Waals surface area contributed by atoms with E-state index in [-0.39, 0.29) is 25.1 Å². The Kier molecular flexibility index (Phi) is 10.0. The van der Waals surface area contributed by atoms with Crippen LogP contribution in [-0.4, -0.2) is 40.5 Å². The Hall–Kier alpha value is -5.31. The largest absolute Gasteiger partial charge is 0.480 e. The first-order chi connectivity index (χ1) is 20.8. The summed E-state index contributed by atoms with van der Waals surface area (Å²) < 4.78 is 5.09. The zero-order valence-electron chi connectivity index (χ0n) is 23.6. The molecule has 43 heavy (non-hydrogen) atoms. The molecule has 0 radical (unpaired) electrons. The van der Waals surface area contributed by atoms with Crippen molar-refractivity contribution in [3.63, 3.8) is 0 Å². The lowest BCUT2D eigenvalue weighted by Crippen LogP contribution is -2.48. The molecule has 9 heteroatoms. The molecular weight excluding hydrogens is 548 g/mol. The van der Waals surface area contributed by atoms with Gasteiger partial charge in [0.25, 0.3) is 5.69 Å². The predicted molar refractivity (Wildman–Crippen MR) is 160 cm³/mol. The first-order valence-corrected chi connectivity index (χ1v) is 13.8. The van der Waals surface area contributed by atoms with Crippen molar-refractivity contribution in [3.05, 3.63) is 148 Å². The molecule has 0 fully saturated rings. The van der Waals surface area contributed by atoms with Crippen LogP contribution in [0.4, 0.5) is 5.69 Å². The highest BCUT2D eigenvalue weighted by atomic mass is 16.6. The molecule has 2 atom stereocenters. The highest BCUT2D eigenvalue weighted by Gasteiger charge is 2.40. The van der Waals surface area contributed by atoms with Crippen LogP contribution in [0, 0.1) is 10.1 Å². The Morgan fingerprint density at radius 1 is 0.814 bits per heavy atom. The Bertz CT molecular complexity index is 1450. The quantitative estimate of drug-likeness (QED) is 0.0906. The number of nitro benzene ring substituents is 1. The van der Waals surface area contributed by atoms with Crippen molar-refractivity contribution < 1.29 is 29.2 Å². The number of hydrogen-bond acceptors (Lipinski definition) is 6. The number of carbonyl (C=O) groups excluding carboxylic acids is 2. The minimum atomic E-state index is -1.53. The van der Waals surface area contributed by atoms with Gasteiger partial charge in [0.1, 0.15) is 6.04 Å². The van der Waals surface area contributed by atoms with Gasteiger partial charge >= 0.3 is 11.9 Å². The summed E-state index contributed by atoms with van der Waals surface area (Å²) in [5.74, 6) is -3.62. The molecule has 0 aliphatic rings. The number of benzene rings is 4. The minimum absolute atomic E-state index is 0.0870. The molecule has 0 aromatic heterocycles. The summed E-state index contributed by atoms with van der Waals surface area (Å²) in [5.41, 5.74) is 1.70. The average molecular weight is 581 g/mol. The number of ether oxygens (including phenoxy) is 1. The maximum atomic E-state index is 14.0. The van der Waals surface area contributed by atoms with E-state index in [1.165, 1.54) is 24.3 Å². The molecule has 1 amide bonds. The summed E-state index contributed by atoms with van der Waals surface area (Å²) in [6.07, 6.45) is -0.495. The van der Waals surface area contributed by atoms with E-state index in [0.717, 1.165) is 16.7 Å². The van der Waals surface area contributed by atoms with Crippen LogP contribution < -0.4 is 5.32 Å². The van der Waals surface area contributed by atoms with Crippen molar-refractivity contribution in [2.45, 2.75) is 37.1 Å². The summed E-state index contributed by atoms with van der Waals surface area (Å²) in [7, 11) is 0. The van der Waals surface area contributed by atoms with Gasteiger partial charge in [-0.2, -0.15) is 0 Å². The minimum Gasteiger partial charge on any atom is -0.480 e. The van der Waals surface area contributed by atoms with Gasteiger partial charge < -0.3 is 15.2 Å². The van der Waals surface area contributed by atoms with Crippen LogP contribution in [0.25, 0.3) is 0 Å². The third-order valence-corrected chi connectivity index (χ3v) is 7.43. The van der Waals surface area contributed by atoms with Crippen LogP contribution in [0.1, 0.15) is 47.9 Å². The lowest BCUT2D eigenvalue weighted by atomic mass is 9.67. The monoisotopic (exact) mass is 580 g/mol. The fraction of sp³-hybridized carbons (Fsp3) is 0.206. The van der Waals surface area contributed by atoms with Crippen molar-refractivity contribution >= 4 is 23.5 Å². The van der Waals surface area contributed by atoms with E-state index in [1.807, 2.05) is 91.0 Å². The van der Waals surface area contributed by atoms with Crippen LogP contribution in [0.2, 0.25) is 0 Å². The van der Waals surface area contributed by atoms with E-state index in [4.69, 9.17) is 4.74 Å². The second-order valence-electron chi connectivity index (χ2n) is 10.0. The van der Waals surface area contributed by atoms with Gasteiger partial charge in [-0.05, 0) is 29.2 Å². The summed E-state index contributed by atoms with van der Waals surface area (Å²) >= 11 is 0. The zero-order chi connectivity index (χ0) is 30.8. The molecule has 0 bridgehead atoms. The number of non-ortho nitro benzene ring substituents is 1. The highest BCUT2D eigenvalue weighted by Crippen LogP contribution is 2.42. The molecule has 0 saturated carbocycles. The van der Waals surface area contributed by atoms with Gasteiger partial charge in [0.05, 0.1) is 23.4 Å². The number of aliphatic carboxylic acids is 1. The van der Waals surface area contributed by atoms with Crippen molar-refractivity contribution in [1.29, 1.82) is 0 Å². The summed E-state index contributed by atoms with van der Waals surface area (Å²) in [5, 5.41) is 24.2. The second kappa shape index (κ2) is 14.0. The predicted octanol–water partition coefficient (Wildman–Crippen LogP) is 5.63. The van der Waals surface area contributed by atoms with E-state index in [1.54, 1.807) is 6.92 Å². The van der Waals surface area contributed by atoms with Gasteiger partial charge in [0.2, 0.25) is 5.91 Å². The summed E-state index contributed by atoms with van der Waals surface area (Å²) in [4.78, 5) is 49.9. The number of amides is 1. The first kappa shape index (κ1) is 30.6. The molecule has 9 nitrogen and oxygen atoms in total. The zero-order valence-corrected chi connectivity index (χ0v) is 23.6. The van der Waals surface area contributed by atoms with Crippen LogP contribution in [0.15, 0.2) is 115 Å². The molecule has 0 spiro atoms. The number of rotatable bonds is 13. The fourth-order valence-corrected chi connectivity index (χ4v) is 5.44. The molecular formula is C34H32N2O7. The maximum Gasteiger partial charge on any atom is 0.326 e. The first-order valence-electron chi connectivity index (χ1n) is 13.8. The molecule has 0 aliphatic heterocycles. The number of carboxylic acid groups (broad SMARTS) is 1. The van der Waals surface area contributed by atoms with Gasteiger partial charge in [0, 0.05) is 24.5 Å². The van der Waals surface area contributed by atoms with E-state index in [9.17, 15) is 29.6 Å². The van der Waals surface area contributed by atoms with Crippen LogP contribution in [0.5, 0.6) is 0 Å². The van der Waals surface area contributed by atoms with Crippen molar-refractivity contribution in [2.24, 2.45) is 0 Å². The van der Waals surface area contributed by atoms with Gasteiger partial charge in [-0.1, -0.05) is 103 Å². The third-order valence-electron chi connectivity index (χ3n) is 7.43. The standard InChI is InChI=1S/C34H32N2O7/c1-2-43-31(38)22-29(24-18-20-28(21-19-24)36(41)42)32(33(39)40)35-30(37)23-34(25-12-6-3-7-13-25,26-14-8-4-9-15-26)27-16-10-5-11-17-27/h3-21,29,32H,2,22-23H2,1H3,(H,35,37)(H,39,40)/t29-,32+/m0/s1. The van der Waals surface area contributed by atoms with Gasteiger partial charge in [-0.25, -0.2) is 4.79 Å². The number of hydrogen-bond donors (Lipinski definition) is 2. The molecule has 2 N–H and O–H groups in total. The number of nitro groups is 1. The third kappa shape index (κ3) is 7.13. The number of nitrogens with one attached hydrogen (secondary N) is 1. The van der Waals surface area contributed by atoms with Crippen LogP contribution in [0.3, 0.4) is 0 Å². The van der Waals surface area contributed by atoms with E-state index in [2.05, 4.69) is 5.32 Å². The number of nitrogens with zero attached hydrogens (tertiary/aromatic N) is 1. The molecule has 4 aromatic carbocycles. The molecule has 0 aliphatic carbocycles. The van der Waals surface area contributed by atoms with Gasteiger partial charge in [0.15, 0.2) is 0 Å². The molecule has 4 rings (SSSR count). The highest BCUT2D eigenvalue weighted by molar-refractivity contribution is 5.87. The average Bonchev–Trinajstić information content (AvgIpc) is 3.03. The fourth-order valence-electron chi connectivity index (χ4n) is 5.44. The Labute approximate surface area is 249 Å². The number of carbonyl (C=O) groups is 3. The lowest BCUT2D eigenvalue weighted by molar-refractivity contribution is -0.384.